The van der Waals surface area contributed by atoms with Crippen molar-refractivity contribution in [2.75, 3.05) is 6.54 Å². The van der Waals surface area contributed by atoms with Crippen molar-refractivity contribution in [1.29, 1.82) is 0 Å². The molecule has 0 aliphatic heterocycles. The van der Waals surface area contributed by atoms with Crippen molar-refractivity contribution in [3.63, 3.8) is 0 Å². The molecule has 1 aromatic rings. The number of nitrogens with one attached hydrogen (secondary N) is 1. The lowest BCUT2D eigenvalue weighted by atomic mass is 10.1. The standard InChI is InChI=1S/C13H17F2NO/c1-9(2)5-4-8-16-13(17)10-6-3-7-11(14)12(10)15/h3,6-7,9H,4-5,8H2,1-2H3,(H,16,17). The number of benzene rings is 1. The summed E-state index contributed by atoms with van der Waals surface area (Å²) in [5, 5.41) is 2.58. The molecule has 0 unspecified atom stereocenters. The summed E-state index contributed by atoms with van der Waals surface area (Å²) >= 11 is 0. The average Bonchev–Trinajstić information content (AvgIpc) is 2.27. The van der Waals surface area contributed by atoms with Crippen molar-refractivity contribution in [3.05, 3.63) is 35.4 Å². The van der Waals surface area contributed by atoms with E-state index in [2.05, 4.69) is 19.2 Å². The van der Waals surface area contributed by atoms with Crippen molar-refractivity contribution in [2.24, 2.45) is 5.92 Å². The van der Waals surface area contributed by atoms with Gasteiger partial charge in [0.1, 0.15) is 0 Å². The maximum atomic E-state index is 13.3. The Morgan fingerprint density at radius 3 is 2.71 bits per heavy atom. The SMILES string of the molecule is CC(C)CCCNC(=O)c1cccc(F)c1F. The minimum Gasteiger partial charge on any atom is -0.352 e. The molecule has 0 aromatic heterocycles. The molecule has 17 heavy (non-hydrogen) atoms. The van der Waals surface area contributed by atoms with Crippen molar-refractivity contribution >= 4 is 5.91 Å². The summed E-state index contributed by atoms with van der Waals surface area (Å²) in [5.74, 6) is -2.09. The van der Waals surface area contributed by atoms with Gasteiger partial charge in [-0.25, -0.2) is 8.78 Å². The van der Waals surface area contributed by atoms with Gasteiger partial charge in [0.25, 0.3) is 5.91 Å². The summed E-state index contributed by atoms with van der Waals surface area (Å²) in [6.45, 7) is 4.66. The van der Waals surface area contributed by atoms with Crippen LogP contribution in [0.15, 0.2) is 18.2 Å². The molecule has 1 aromatic carbocycles. The maximum absolute atomic E-state index is 13.3. The van der Waals surface area contributed by atoms with E-state index in [1.54, 1.807) is 0 Å². The Bertz CT molecular complexity index is 391. The largest absolute Gasteiger partial charge is 0.352 e. The van der Waals surface area contributed by atoms with E-state index in [1.165, 1.54) is 12.1 Å². The first-order chi connectivity index (χ1) is 8.02. The fourth-order valence-electron chi connectivity index (χ4n) is 1.49. The zero-order chi connectivity index (χ0) is 12.8. The third-order valence-electron chi connectivity index (χ3n) is 2.44. The van der Waals surface area contributed by atoms with Gasteiger partial charge in [-0.3, -0.25) is 4.79 Å². The van der Waals surface area contributed by atoms with Crippen molar-refractivity contribution in [3.8, 4) is 0 Å². The number of hydrogen-bond donors (Lipinski definition) is 1. The van der Waals surface area contributed by atoms with E-state index in [0.29, 0.717) is 12.5 Å². The molecule has 0 atom stereocenters. The van der Waals surface area contributed by atoms with Gasteiger partial charge in [0, 0.05) is 6.54 Å². The Kier molecular flexibility index (Phi) is 5.07. The predicted octanol–water partition coefficient (Wildman–Crippen LogP) is 3.13. The van der Waals surface area contributed by atoms with E-state index < -0.39 is 17.5 Å². The van der Waals surface area contributed by atoms with Gasteiger partial charge in [0.2, 0.25) is 0 Å². The van der Waals surface area contributed by atoms with Crippen LogP contribution in [0.5, 0.6) is 0 Å². The topological polar surface area (TPSA) is 29.1 Å². The number of amides is 1. The second-order valence-corrected chi connectivity index (χ2v) is 4.39. The molecule has 0 saturated carbocycles. The molecule has 2 nitrogen and oxygen atoms in total. The zero-order valence-corrected chi connectivity index (χ0v) is 10.1. The molecule has 4 heteroatoms. The lowest BCUT2D eigenvalue weighted by molar-refractivity contribution is 0.0947. The van der Waals surface area contributed by atoms with Crippen molar-refractivity contribution in [1.82, 2.24) is 5.32 Å². The van der Waals surface area contributed by atoms with E-state index in [4.69, 9.17) is 0 Å². The van der Waals surface area contributed by atoms with Crippen LogP contribution in [0, 0.1) is 17.6 Å². The molecule has 0 aliphatic carbocycles. The molecule has 0 fully saturated rings. The Hall–Kier alpha value is -1.45. The fourth-order valence-corrected chi connectivity index (χ4v) is 1.49. The van der Waals surface area contributed by atoms with E-state index in [0.717, 1.165) is 18.9 Å². The van der Waals surface area contributed by atoms with Crippen LogP contribution in [-0.4, -0.2) is 12.5 Å². The van der Waals surface area contributed by atoms with Gasteiger partial charge in [0.15, 0.2) is 11.6 Å². The van der Waals surface area contributed by atoms with Crippen LogP contribution in [0.2, 0.25) is 0 Å². The molecule has 0 spiro atoms. The molecule has 94 valence electrons. The summed E-state index contributed by atoms with van der Waals surface area (Å²) in [5.41, 5.74) is -0.241. The number of carbonyl (C=O) groups excluding carboxylic acids is 1. The zero-order valence-electron chi connectivity index (χ0n) is 10.1. The van der Waals surface area contributed by atoms with Gasteiger partial charge in [0.05, 0.1) is 5.56 Å². The fraction of sp³-hybridized carbons (Fsp3) is 0.462. The molecule has 1 amide bonds. The monoisotopic (exact) mass is 241 g/mol. The Morgan fingerprint density at radius 2 is 2.06 bits per heavy atom. The second-order valence-electron chi connectivity index (χ2n) is 4.39. The molecular weight excluding hydrogens is 224 g/mol. The minimum atomic E-state index is -1.09. The first kappa shape index (κ1) is 13.6. The van der Waals surface area contributed by atoms with Gasteiger partial charge in [-0.15, -0.1) is 0 Å². The van der Waals surface area contributed by atoms with Gasteiger partial charge >= 0.3 is 0 Å². The Morgan fingerprint density at radius 1 is 1.35 bits per heavy atom. The van der Waals surface area contributed by atoms with E-state index in [-0.39, 0.29) is 5.56 Å². The van der Waals surface area contributed by atoms with E-state index >= 15 is 0 Å². The summed E-state index contributed by atoms with van der Waals surface area (Å²) in [4.78, 5) is 11.5. The average molecular weight is 241 g/mol. The highest BCUT2D eigenvalue weighted by Crippen LogP contribution is 2.11. The summed E-state index contributed by atoms with van der Waals surface area (Å²) in [7, 11) is 0. The van der Waals surface area contributed by atoms with Gasteiger partial charge in [-0.05, 0) is 30.9 Å². The molecular formula is C13H17F2NO. The lowest BCUT2D eigenvalue weighted by Crippen LogP contribution is -2.25. The first-order valence-corrected chi connectivity index (χ1v) is 5.74. The van der Waals surface area contributed by atoms with Crippen LogP contribution in [0.3, 0.4) is 0 Å². The normalized spacial score (nSPS) is 10.6. The molecule has 0 bridgehead atoms. The van der Waals surface area contributed by atoms with Crippen LogP contribution in [0.1, 0.15) is 37.0 Å². The maximum Gasteiger partial charge on any atom is 0.254 e. The van der Waals surface area contributed by atoms with Crippen LogP contribution in [0.4, 0.5) is 8.78 Å². The molecule has 1 N–H and O–H groups in total. The number of halogens is 2. The third kappa shape index (κ3) is 4.13. The quantitative estimate of drug-likeness (QED) is 0.788. The molecule has 1 rings (SSSR count). The minimum absolute atomic E-state index is 0.241. The number of rotatable bonds is 5. The van der Waals surface area contributed by atoms with Gasteiger partial charge in [-0.1, -0.05) is 19.9 Å². The molecule has 0 saturated heterocycles. The smallest absolute Gasteiger partial charge is 0.254 e. The van der Waals surface area contributed by atoms with Crippen LogP contribution in [-0.2, 0) is 0 Å². The van der Waals surface area contributed by atoms with Crippen LogP contribution < -0.4 is 5.32 Å². The summed E-state index contributed by atoms with van der Waals surface area (Å²) < 4.78 is 26.1. The first-order valence-electron chi connectivity index (χ1n) is 5.74. The Balaban J connectivity index is 2.50. The predicted molar refractivity (Wildman–Crippen MR) is 62.8 cm³/mol. The van der Waals surface area contributed by atoms with Crippen LogP contribution >= 0.6 is 0 Å². The highest BCUT2D eigenvalue weighted by atomic mass is 19.2. The van der Waals surface area contributed by atoms with Crippen LogP contribution in [0.25, 0.3) is 0 Å². The van der Waals surface area contributed by atoms with Crippen molar-refractivity contribution < 1.29 is 13.6 Å². The summed E-state index contributed by atoms with van der Waals surface area (Å²) in [6, 6.07) is 3.59. The van der Waals surface area contributed by atoms with Gasteiger partial charge in [-0.2, -0.15) is 0 Å². The number of carbonyl (C=O) groups is 1. The number of hydrogen-bond acceptors (Lipinski definition) is 1. The highest BCUT2D eigenvalue weighted by Gasteiger charge is 2.14. The Labute approximate surface area is 100 Å². The highest BCUT2D eigenvalue weighted by molar-refractivity contribution is 5.94. The summed E-state index contributed by atoms with van der Waals surface area (Å²) in [6.07, 6.45) is 1.83. The van der Waals surface area contributed by atoms with Crippen molar-refractivity contribution in [2.45, 2.75) is 26.7 Å². The second kappa shape index (κ2) is 6.33. The van der Waals surface area contributed by atoms with E-state index in [1.807, 2.05) is 0 Å². The van der Waals surface area contributed by atoms with Gasteiger partial charge < -0.3 is 5.32 Å². The lowest BCUT2D eigenvalue weighted by Gasteiger charge is -2.07. The van der Waals surface area contributed by atoms with E-state index in [9.17, 15) is 13.6 Å². The molecule has 0 aliphatic rings. The third-order valence-corrected chi connectivity index (χ3v) is 2.44. The molecule has 0 heterocycles. The molecule has 0 radical (unpaired) electrons.